The van der Waals surface area contributed by atoms with E-state index in [9.17, 15) is 4.79 Å². The van der Waals surface area contributed by atoms with E-state index in [1.165, 1.54) is 24.2 Å². The second-order valence-electron chi connectivity index (χ2n) is 4.55. The Morgan fingerprint density at radius 1 is 1.44 bits per heavy atom. The fraction of sp³-hybridized carbons (Fsp3) is 0.636. The molecule has 0 radical (unpaired) electrons. The summed E-state index contributed by atoms with van der Waals surface area (Å²) in [5, 5.41) is 5.40. The summed E-state index contributed by atoms with van der Waals surface area (Å²) in [6, 6.07) is 1.12. The van der Waals surface area contributed by atoms with E-state index in [0.29, 0.717) is 17.8 Å². The predicted octanol–water partition coefficient (Wildman–Crippen LogP) is 1.11. The lowest BCUT2D eigenvalue weighted by Crippen LogP contribution is -2.39. The molecule has 86 valence electrons. The van der Waals surface area contributed by atoms with Gasteiger partial charge < -0.3 is 10.2 Å². The maximum absolute atomic E-state index is 12.1. The first-order chi connectivity index (χ1) is 7.83. The molecule has 1 aromatic heterocycles. The zero-order valence-electron chi connectivity index (χ0n) is 9.06. The minimum atomic E-state index is 0.0931. The number of carbonyl (C=O) groups excluding carboxylic acids is 1. The van der Waals surface area contributed by atoms with Gasteiger partial charge >= 0.3 is 0 Å². The molecule has 2 unspecified atom stereocenters. The van der Waals surface area contributed by atoms with Crippen molar-refractivity contribution in [2.75, 3.05) is 13.1 Å². The van der Waals surface area contributed by atoms with E-state index in [0.717, 1.165) is 19.5 Å². The summed E-state index contributed by atoms with van der Waals surface area (Å²) >= 11 is 1.48. The summed E-state index contributed by atoms with van der Waals surface area (Å²) in [4.78, 5) is 18.2. The number of fused-ring (bicyclic) bond motifs is 2. The van der Waals surface area contributed by atoms with Crippen molar-refractivity contribution in [3.05, 3.63) is 16.6 Å². The van der Waals surface area contributed by atoms with Crippen molar-refractivity contribution in [2.24, 2.45) is 0 Å². The monoisotopic (exact) mass is 237 g/mol. The Hall–Kier alpha value is -0.940. The molecule has 2 bridgehead atoms. The molecule has 0 saturated carbocycles. The summed E-state index contributed by atoms with van der Waals surface area (Å²) in [7, 11) is 0. The van der Waals surface area contributed by atoms with Crippen LogP contribution in [0.25, 0.3) is 0 Å². The number of nitrogens with zero attached hydrogens (tertiary/aromatic N) is 2. The molecule has 2 aliphatic rings. The van der Waals surface area contributed by atoms with Gasteiger partial charge in [-0.3, -0.25) is 4.79 Å². The van der Waals surface area contributed by atoms with Crippen molar-refractivity contribution in [1.82, 2.24) is 15.2 Å². The van der Waals surface area contributed by atoms with Gasteiger partial charge in [0.25, 0.3) is 5.91 Å². The third-order valence-corrected chi connectivity index (χ3v) is 4.05. The summed E-state index contributed by atoms with van der Waals surface area (Å²) in [5.41, 5.74) is 2.32. The molecule has 1 aromatic rings. The standard InChI is InChI=1S/C11H15N3OS/c15-11(10-6-16-7-12-10)14-4-3-8-1-2-9(5-14)13-8/h6-9,13H,1-5H2. The third kappa shape index (κ3) is 1.85. The Morgan fingerprint density at radius 2 is 2.31 bits per heavy atom. The number of aromatic nitrogens is 1. The van der Waals surface area contributed by atoms with Gasteiger partial charge in [-0.15, -0.1) is 11.3 Å². The highest BCUT2D eigenvalue weighted by Crippen LogP contribution is 2.21. The van der Waals surface area contributed by atoms with Crippen LogP contribution >= 0.6 is 11.3 Å². The molecular formula is C11H15N3OS. The van der Waals surface area contributed by atoms with Gasteiger partial charge in [-0.25, -0.2) is 4.98 Å². The van der Waals surface area contributed by atoms with Crippen molar-refractivity contribution >= 4 is 17.2 Å². The van der Waals surface area contributed by atoms with E-state index in [1.54, 1.807) is 5.51 Å². The van der Waals surface area contributed by atoms with Gasteiger partial charge in [0.2, 0.25) is 0 Å². The molecule has 2 atom stereocenters. The highest BCUT2D eigenvalue weighted by Gasteiger charge is 2.31. The van der Waals surface area contributed by atoms with Crippen molar-refractivity contribution in [3.8, 4) is 0 Å². The largest absolute Gasteiger partial charge is 0.336 e. The fourth-order valence-electron chi connectivity index (χ4n) is 2.61. The number of thiazole rings is 1. The summed E-state index contributed by atoms with van der Waals surface area (Å²) in [6.45, 7) is 1.71. The number of hydrogen-bond acceptors (Lipinski definition) is 4. The average molecular weight is 237 g/mol. The van der Waals surface area contributed by atoms with Crippen LogP contribution in [0.1, 0.15) is 29.8 Å². The Bertz CT molecular complexity index is 379. The van der Waals surface area contributed by atoms with E-state index in [1.807, 2.05) is 10.3 Å². The van der Waals surface area contributed by atoms with E-state index in [-0.39, 0.29) is 5.91 Å². The van der Waals surface area contributed by atoms with Gasteiger partial charge in [0, 0.05) is 30.6 Å². The van der Waals surface area contributed by atoms with Crippen LogP contribution in [0.3, 0.4) is 0 Å². The number of hydrogen-bond donors (Lipinski definition) is 1. The van der Waals surface area contributed by atoms with Crippen LogP contribution in [0.5, 0.6) is 0 Å². The molecule has 2 fully saturated rings. The number of carbonyl (C=O) groups is 1. The molecule has 0 aliphatic carbocycles. The Balaban J connectivity index is 1.73. The molecular weight excluding hydrogens is 222 g/mol. The van der Waals surface area contributed by atoms with Crippen molar-refractivity contribution in [3.63, 3.8) is 0 Å². The minimum Gasteiger partial charge on any atom is -0.336 e. The molecule has 3 heterocycles. The number of likely N-dealkylation sites (tertiary alicyclic amines) is 1. The lowest BCUT2D eigenvalue weighted by Gasteiger charge is -2.23. The molecule has 1 N–H and O–H groups in total. The first-order valence-corrected chi connectivity index (χ1v) is 6.71. The first kappa shape index (κ1) is 10.2. The maximum atomic E-state index is 12.1. The highest BCUT2D eigenvalue weighted by atomic mass is 32.1. The highest BCUT2D eigenvalue weighted by molar-refractivity contribution is 7.07. The van der Waals surface area contributed by atoms with Crippen LogP contribution in [0, 0.1) is 0 Å². The second-order valence-corrected chi connectivity index (χ2v) is 5.27. The SMILES string of the molecule is O=C(c1cscn1)N1CCC2CCC(C1)N2. The molecule has 4 nitrogen and oxygen atoms in total. The lowest BCUT2D eigenvalue weighted by atomic mass is 10.1. The molecule has 2 aliphatic heterocycles. The van der Waals surface area contributed by atoms with Crippen LogP contribution in [-0.2, 0) is 0 Å². The quantitative estimate of drug-likeness (QED) is 0.796. The van der Waals surface area contributed by atoms with Gasteiger partial charge in [0.1, 0.15) is 5.69 Å². The van der Waals surface area contributed by atoms with Crippen LogP contribution < -0.4 is 5.32 Å². The van der Waals surface area contributed by atoms with Gasteiger partial charge in [0.15, 0.2) is 0 Å². The van der Waals surface area contributed by atoms with Crippen LogP contribution in [-0.4, -0.2) is 41.0 Å². The van der Waals surface area contributed by atoms with Crippen LogP contribution in [0.4, 0.5) is 0 Å². The Morgan fingerprint density at radius 3 is 3.12 bits per heavy atom. The van der Waals surface area contributed by atoms with Crippen LogP contribution in [0.2, 0.25) is 0 Å². The summed E-state index contributed by atoms with van der Waals surface area (Å²) in [6.07, 6.45) is 3.54. The summed E-state index contributed by atoms with van der Waals surface area (Å²) in [5.74, 6) is 0.0931. The number of rotatable bonds is 1. The summed E-state index contributed by atoms with van der Waals surface area (Å²) < 4.78 is 0. The van der Waals surface area contributed by atoms with E-state index < -0.39 is 0 Å². The normalized spacial score (nSPS) is 29.1. The van der Waals surface area contributed by atoms with Crippen molar-refractivity contribution in [2.45, 2.75) is 31.3 Å². The maximum Gasteiger partial charge on any atom is 0.273 e. The Labute approximate surface area is 98.7 Å². The number of amides is 1. The molecule has 3 rings (SSSR count). The van der Waals surface area contributed by atoms with Gasteiger partial charge in [-0.2, -0.15) is 0 Å². The molecule has 16 heavy (non-hydrogen) atoms. The van der Waals surface area contributed by atoms with Crippen LogP contribution in [0.15, 0.2) is 10.9 Å². The number of nitrogens with one attached hydrogen (secondary N) is 1. The zero-order chi connectivity index (χ0) is 11.0. The first-order valence-electron chi connectivity index (χ1n) is 5.76. The second kappa shape index (κ2) is 4.14. The fourth-order valence-corrected chi connectivity index (χ4v) is 3.13. The van der Waals surface area contributed by atoms with Gasteiger partial charge in [-0.05, 0) is 19.3 Å². The van der Waals surface area contributed by atoms with E-state index in [2.05, 4.69) is 10.3 Å². The minimum absolute atomic E-state index is 0.0931. The molecule has 0 spiro atoms. The smallest absolute Gasteiger partial charge is 0.273 e. The molecule has 0 aromatic carbocycles. The van der Waals surface area contributed by atoms with Gasteiger partial charge in [-0.1, -0.05) is 0 Å². The zero-order valence-corrected chi connectivity index (χ0v) is 9.87. The van der Waals surface area contributed by atoms with E-state index >= 15 is 0 Å². The van der Waals surface area contributed by atoms with Crippen molar-refractivity contribution < 1.29 is 4.79 Å². The third-order valence-electron chi connectivity index (χ3n) is 3.46. The predicted molar refractivity (Wildman–Crippen MR) is 62.6 cm³/mol. The molecule has 1 amide bonds. The van der Waals surface area contributed by atoms with E-state index in [4.69, 9.17) is 0 Å². The van der Waals surface area contributed by atoms with Gasteiger partial charge in [0.05, 0.1) is 5.51 Å². The lowest BCUT2D eigenvalue weighted by molar-refractivity contribution is 0.0743. The molecule has 5 heteroatoms. The van der Waals surface area contributed by atoms with Crippen molar-refractivity contribution in [1.29, 1.82) is 0 Å². The molecule has 2 saturated heterocycles. The average Bonchev–Trinajstić information content (AvgIpc) is 2.87. The Kier molecular flexibility index (Phi) is 2.65. The topological polar surface area (TPSA) is 45.2 Å².